The molecule has 6 rings (SSSR count). The lowest BCUT2D eigenvalue weighted by atomic mass is 10.00. The summed E-state index contributed by atoms with van der Waals surface area (Å²) in [6.07, 6.45) is 0.897. The van der Waals surface area contributed by atoms with E-state index in [9.17, 15) is 0 Å². The van der Waals surface area contributed by atoms with Crippen molar-refractivity contribution in [1.82, 2.24) is 9.97 Å². The molecule has 2 heteroatoms. The Kier molecular flexibility index (Phi) is 2.97. The van der Waals surface area contributed by atoms with Crippen LogP contribution >= 0.6 is 0 Å². The molecule has 2 N–H and O–H groups in total. The van der Waals surface area contributed by atoms with Crippen molar-refractivity contribution < 1.29 is 0 Å². The van der Waals surface area contributed by atoms with Gasteiger partial charge in [0.1, 0.15) is 0 Å². The van der Waals surface area contributed by atoms with Crippen molar-refractivity contribution in [2.45, 2.75) is 6.42 Å². The zero-order valence-corrected chi connectivity index (χ0v) is 14.8. The third-order valence-corrected chi connectivity index (χ3v) is 5.64. The number of hydrogen-bond acceptors (Lipinski definition) is 0. The van der Waals surface area contributed by atoms with Gasteiger partial charge in [-0.05, 0) is 23.3 Å². The highest BCUT2D eigenvalue weighted by Crippen LogP contribution is 2.32. The summed E-state index contributed by atoms with van der Waals surface area (Å²) in [5, 5.41) is 5.18. The number of para-hydroxylation sites is 4. The van der Waals surface area contributed by atoms with E-state index in [2.05, 4.69) is 94.9 Å². The topological polar surface area (TPSA) is 31.6 Å². The van der Waals surface area contributed by atoms with Crippen molar-refractivity contribution in [1.29, 1.82) is 0 Å². The van der Waals surface area contributed by atoms with Crippen LogP contribution in [-0.2, 0) is 6.42 Å². The van der Waals surface area contributed by atoms with Crippen LogP contribution in [0.15, 0.2) is 84.9 Å². The van der Waals surface area contributed by atoms with E-state index in [1.54, 1.807) is 0 Å². The van der Waals surface area contributed by atoms with E-state index in [1.165, 1.54) is 54.7 Å². The summed E-state index contributed by atoms with van der Waals surface area (Å²) in [7, 11) is 0. The molecule has 0 radical (unpaired) electrons. The largest absolute Gasteiger partial charge is 0.354 e. The summed E-state index contributed by atoms with van der Waals surface area (Å²) < 4.78 is 0. The number of fused-ring (bicyclic) bond motifs is 6. The van der Waals surface area contributed by atoms with Crippen LogP contribution < -0.4 is 0 Å². The van der Waals surface area contributed by atoms with Gasteiger partial charge in [-0.1, -0.05) is 72.8 Å². The standard InChI is InChI=1S/C25H18N2/c1-3-13-22-18(9-1)20-11-5-7-16(24(20)26-22)15-17-8-6-12-21-19-10-2-4-14-23(19)27-25(17)21/h1-14,26-27H,15H2. The van der Waals surface area contributed by atoms with Gasteiger partial charge in [-0.25, -0.2) is 0 Å². The maximum Gasteiger partial charge on any atom is 0.0500 e. The predicted octanol–water partition coefficient (Wildman–Crippen LogP) is 6.55. The van der Waals surface area contributed by atoms with Crippen LogP contribution in [0.25, 0.3) is 43.6 Å². The molecule has 6 aromatic rings. The Morgan fingerprint density at radius 1 is 0.444 bits per heavy atom. The van der Waals surface area contributed by atoms with Crippen molar-refractivity contribution in [2.24, 2.45) is 0 Å². The molecule has 0 aliphatic rings. The van der Waals surface area contributed by atoms with Crippen LogP contribution in [0.3, 0.4) is 0 Å². The Balaban J connectivity index is 1.57. The lowest BCUT2D eigenvalue weighted by Crippen LogP contribution is -1.91. The first-order valence-electron chi connectivity index (χ1n) is 9.35. The summed E-state index contributed by atoms with van der Waals surface area (Å²) in [6, 6.07) is 30.3. The normalized spacial score (nSPS) is 11.9. The fourth-order valence-corrected chi connectivity index (χ4v) is 4.37. The van der Waals surface area contributed by atoms with Gasteiger partial charge < -0.3 is 9.97 Å². The molecule has 0 fully saturated rings. The first-order chi connectivity index (χ1) is 13.4. The molecule has 0 aliphatic carbocycles. The maximum absolute atomic E-state index is 3.63. The van der Waals surface area contributed by atoms with Crippen LogP contribution in [0.2, 0.25) is 0 Å². The third-order valence-electron chi connectivity index (χ3n) is 5.64. The Labute approximate surface area is 156 Å². The molecule has 4 aromatic carbocycles. The fourth-order valence-electron chi connectivity index (χ4n) is 4.37. The molecular weight excluding hydrogens is 328 g/mol. The summed E-state index contributed by atoms with van der Waals surface area (Å²) in [4.78, 5) is 7.26. The van der Waals surface area contributed by atoms with Gasteiger partial charge in [0.05, 0.1) is 11.0 Å². The summed E-state index contributed by atoms with van der Waals surface area (Å²) in [5.41, 5.74) is 7.54. The second-order valence-electron chi connectivity index (χ2n) is 7.20. The zero-order valence-electron chi connectivity index (χ0n) is 14.8. The van der Waals surface area contributed by atoms with Crippen LogP contribution in [-0.4, -0.2) is 9.97 Å². The third kappa shape index (κ3) is 2.13. The molecule has 2 nitrogen and oxygen atoms in total. The molecule has 128 valence electrons. The van der Waals surface area contributed by atoms with E-state index in [4.69, 9.17) is 0 Å². The highest BCUT2D eigenvalue weighted by molar-refractivity contribution is 6.09. The van der Waals surface area contributed by atoms with Crippen molar-refractivity contribution in [3.05, 3.63) is 96.1 Å². The van der Waals surface area contributed by atoms with Gasteiger partial charge in [0.2, 0.25) is 0 Å². The van der Waals surface area contributed by atoms with Crippen LogP contribution in [0.4, 0.5) is 0 Å². The predicted molar refractivity (Wildman–Crippen MR) is 114 cm³/mol. The average Bonchev–Trinajstić information content (AvgIpc) is 3.28. The van der Waals surface area contributed by atoms with Crippen LogP contribution in [0.1, 0.15) is 11.1 Å². The Bertz CT molecular complexity index is 1340. The lowest BCUT2D eigenvalue weighted by Gasteiger charge is -2.06. The van der Waals surface area contributed by atoms with Crippen molar-refractivity contribution in [2.75, 3.05) is 0 Å². The Morgan fingerprint density at radius 2 is 0.889 bits per heavy atom. The van der Waals surface area contributed by atoms with Crippen LogP contribution in [0.5, 0.6) is 0 Å². The first-order valence-corrected chi connectivity index (χ1v) is 9.35. The van der Waals surface area contributed by atoms with Gasteiger partial charge in [-0.15, -0.1) is 0 Å². The van der Waals surface area contributed by atoms with Crippen molar-refractivity contribution >= 4 is 43.6 Å². The van der Waals surface area contributed by atoms with Crippen molar-refractivity contribution in [3.8, 4) is 0 Å². The zero-order chi connectivity index (χ0) is 17.8. The number of benzene rings is 4. The molecule has 2 heterocycles. The molecule has 2 aromatic heterocycles. The van der Waals surface area contributed by atoms with Gasteiger partial charge in [-0.2, -0.15) is 0 Å². The average molecular weight is 346 g/mol. The summed E-state index contributed by atoms with van der Waals surface area (Å²) >= 11 is 0. The minimum absolute atomic E-state index is 0.897. The molecule has 0 saturated carbocycles. The highest BCUT2D eigenvalue weighted by atomic mass is 14.7. The second-order valence-corrected chi connectivity index (χ2v) is 7.20. The second kappa shape index (κ2) is 5.49. The van der Waals surface area contributed by atoms with Gasteiger partial charge in [-0.3, -0.25) is 0 Å². The highest BCUT2D eigenvalue weighted by Gasteiger charge is 2.11. The molecule has 0 unspecified atom stereocenters. The van der Waals surface area contributed by atoms with Crippen LogP contribution in [0, 0.1) is 0 Å². The van der Waals surface area contributed by atoms with Gasteiger partial charge in [0.25, 0.3) is 0 Å². The van der Waals surface area contributed by atoms with E-state index in [0.717, 1.165) is 6.42 Å². The van der Waals surface area contributed by atoms with E-state index in [0.29, 0.717) is 0 Å². The lowest BCUT2D eigenvalue weighted by molar-refractivity contribution is 1.21. The Morgan fingerprint density at radius 3 is 1.41 bits per heavy atom. The fraction of sp³-hybridized carbons (Fsp3) is 0.0400. The monoisotopic (exact) mass is 346 g/mol. The van der Waals surface area contributed by atoms with Gasteiger partial charge >= 0.3 is 0 Å². The molecule has 0 amide bonds. The van der Waals surface area contributed by atoms with E-state index in [1.807, 2.05) is 0 Å². The molecular formula is C25H18N2. The number of aromatic amines is 2. The molecule has 27 heavy (non-hydrogen) atoms. The number of nitrogens with one attached hydrogen (secondary N) is 2. The minimum Gasteiger partial charge on any atom is -0.354 e. The molecule has 0 saturated heterocycles. The van der Waals surface area contributed by atoms with E-state index >= 15 is 0 Å². The minimum atomic E-state index is 0.897. The molecule has 0 bridgehead atoms. The number of rotatable bonds is 2. The smallest absolute Gasteiger partial charge is 0.0500 e. The quantitative estimate of drug-likeness (QED) is 0.356. The number of aromatic nitrogens is 2. The first kappa shape index (κ1) is 14.6. The molecule has 0 atom stereocenters. The number of hydrogen-bond donors (Lipinski definition) is 2. The van der Waals surface area contributed by atoms with Gasteiger partial charge in [0.15, 0.2) is 0 Å². The van der Waals surface area contributed by atoms with Gasteiger partial charge in [0, 0.05) is 39.0 Å². The molecule has 0 aliphatic heterocycles. The molecule has 0 spiro atoms. The maximum atomic E-state index is 3.63. The van der Waals surface area contributed by atoms with Crippen molar-refractivity contribution in [3.63, 3.8) is 0 Å². The summed E-state index contributed by atoms with van der Waals surface area (Å²) in [6.45, 7) is 0. The number of H-pyrrole nitrogens is 2. The van der Waals surface area contributed by atoms with E-state index in [-0.39, 0.29) is 0 Å². The SMILES string of the molecule is c1ccc2c(c1)[nH]c1c(Cc3cccc4c3[nH]c3ccccc34)cccc12. The Hall–Kier alpha value is -3.52. The summed E-state index contributed by atoms with van der Waals surface area (Å²) in [5.74, 6) is 0. The van der Waals surface area contributed by atoms with E-state index < -0.39 is 0 Å².